The van der Waals surface area contributed by atoms with Crippen LogP contribution in [-0.2, 0) is 6.42 Å². The number of benzene rings is 1. The van der Waals surface area contributed by atoms with Gasteiger partial charge >= 0.3 is 0 Å². The summed E-state index contributed by atoms with van der Waals surface area (Å²) in [4.78, 5) is 0. The summed E-state index contributed by atoms with van der Waals surface area (Å²) in [6.07, 6.45) is 7.34. The highest BCUT2D eigenvalue weighted by Gasteiger charge is 2.20. The second kappa shape index (κ2) is 8.43. The predicted octanol–water partition coefficient (Wildman–Crippen LogP) is 4.88. The lowest BCUT2D eigenvalue weighted by molar-refractivity contribution is 0.296. The van der Waals surface area contributed by atoms with Crippen molar-refractivity contribution in [3.63, 3.8) is 0 Å². The number of hydrogen-bond donors (Lipinski definition) is 1. The molecule has 0 spiro atoms. The predicted molar refractivity (Wildman–Crippen MR) is 90.0 cm³/mol. The highest BCUT2D eigenvalue weighted by Crippen LogP contribution is 2.32. The number of aryl methyl sites for hydroxylation is 1. The largest absolute Gasteiger partial charge is 0.494 e. The minimum absolute atomic E-state index is 0.521. The van der Waals surface area contributed by atoms with Crippen LogP contribution in [0.25, 0.3) is 0 Å². The molecule has 0 aliphatic heterocycles. The third-order valence-corrected chi connectivity index (χ3v) is 4.27. The molecule has 0 heterocycles. The third kappa shape index (κ3) is 5.03. The molecule has 2 nitrogen and oxygen atoms in total. The first-order chi connectivity index (χ1) is 10.2. The van der Waals surface area contributed by atoms with Crippen molar-refractivity contribution < 1.29 is 4.74 Å². The van der Waals surface area contributed by atoms with Crippen LogP contribution in [0.1, 0.15) is 70.0 Å². The van der Waals surface area contributed by atoms with Crippen LogP contribution >= 0.6 is 0 Å². The van der Waals surface area contributed by atoms with Crippen LogP contribution in [0.15, 0.2) is 18.2 Å². The number of ether oxygens (including phenoxy) is 1. The molecule has 0 fully saturated rings. The molecule has 1 aliphatic rings. The molecule has 1 aromatic rings. The Hall–Kier alpha value is -1.02. The van der Waals surface area contributed by atoms with E-state index in [9.17, 15) is 0 Å². The molecule has 2 heteroatoms. The molecular formula is C19H31NO. The van der Waals surface area contributed by atoms with E-state index in [1.165, 1.54) is 43.2 Å². The van der Waals surface area contributed by atoms with E-state index in [1.807, 2.05) is 0 Å². The molecule has 21 heavy (non-hydrogen) atoms. The molecule has 0 radical (unpaired) electrons. The van der Waals surface area contributed by atoms with Crippen molar-refractivity contribution >= 4 is 0 Å². The van der Waals surface area contributed by atoms with E-state index in [4.69, 9.17) is 4.74 Å². The number of rotatable bonds is 8. The van der Waals surface area contributed by atoms with Crippen LogP contribution in [0.2, 0.25) is 0 Å². The van der Waals surface area contributed by atoms with Gasteiger partial charge in [-0.05, 0) is 74.2 Å². The Morgan fingerprint density at radius 1 is 1.33 bits per heavy atom. The first-order valence-electron chi connectivity index (χ1n) is 8.69. The maximum atomic E-state index is 5.95. The summed E-state index contributed by atoms with van der Waals surface area (Å²) in [5, 5.41) is 3.68. The standard InChI is InChI=1S/C19H31NO/c1-4-12-20-19-9-5-8-16-10-11-17(14-18(16)19)21-13-6-7-15(2)3/h10-11,14-15,19-20H,4-9,12-13H2,1-3H3. The Morgan fingerprint density at radius 3 is 2.95 bits per heavy atom. The van der Waals surface area contributed by atoms with Gasteiger partial charge in [-0.3, -0.25) is 0 Å². The maximum absolute atomic E-state index is 5.95. The summed E-state index contributed by atoms with van der Waals surface area (Å²) in [7, 11) is 0. The van der Waals surface area contributed by atoms with E-state index in [-0.39, 0.29) is 0 Å². The van der Waals surface area contributed by atoms with Gasteiger partial charge in [0.05, 0.1) is 6.61 Å². The SMILES string of the molecule is CCCNC1CCCc2ccc(OCCCC(C)C)cc21. The lowest BCUT2D eigenvalue weighted by Crippen LogP contribution is -2.25. The molecule has 0 saturated carbocycles. The molecule has 1 aliphatic carbocycles. The molecule has 0 aromatic heterocycles. The van der Waals surface area contributed by atoms with Crippen molar-refractivity contribution in [2.45, 2.75) is 65.3 Å². The van der Waals surface area contributed by atoms with Gasteiger partial charge in [0.2, 0.25) is 0 Å². The summed E-state index contributed by atoms with van der Waals surface area (Å²) in [5.41, 5.74) is 2.97. The molecule has 1 N–H and O–H groups in total. The van der Waals surface area contributed by atoms with Crippen molar-refractivity contribution in [3.05, 3.63) is 29.3 Å². The van der Waals surface area contributed by atoms with E-state index in [0.29, 0.717) is 6.04 Å². The van der Waals surface area contributed by atoms with Gasteiger partial charge < -0.3 is 10.1 Å². The fourth-order valence-corrected chi connectivity index (χ4v) is 3.08. The van der Waals surface area contributed by atoms with Crippen LogP contribution in [0.3, 0.4) is 0 Å². The summed E-state index contributed by atoms with van der Waals surface area (Å²) in [6.45, 7) is 8.70. The van der Waals surface area contributed by atoms with E-state index >= 15 is 0 Å². The fraction of sp³-hybridized carbons (Fsp3) is 0.684. The van der Waals surface area contributed by atoms with Gasteiger partial charge in [0, 0.05) is 6.04 Å². The van der Waals surface area contributed by atoms with E-state index < -0.39 is 0 Å². The monoisotopic (exact) mass is 289 g/mol. The third-order valence-electron chi connectivity index (χ3n) is 4.27. The second-order valence-corrected chi connectivity index (χ2v) is 6.64. The molecule has 118 valence electrons. The normalized spacial score (nSPS) is 17.8. The van der Waals surface area contributed by atoms with Crippen LogP contribution in [0, 0.1) is 5.92 Å². The molecule has 1 atom stereocenters. The smallest absolute Gasteiger partial charge is 0.119 e. The van der Waals surface area contributed by atoms with Crippen molar-refractivity contribution in [2.24, 2.45) is 5.92 Å². The molecule has 1 unspecified atom stereocenters. The fourth-order valence-electron chi connectivity index (χ4n) is 3.08. The highest BCUT2D eigenvalue weighted by molar-refractivity contribution is 5.39. The Kier molecular flexibility index (Phi) is 6.56. The lowest BCUT2D eigenvalue weighted by atomic mass is 9.87. The number of hydrogen-bond acceptors (Lipinski definition) is 2. The molecular weight excluding hydrogens is 258 g/mol. The Labute approximate surface area is 130 Å². The number of fused-ring (bicyclic) bond motifs is 1. The molecule has 0 saturated heterocycles. The van der Waals surface area contributed by atoms with Gasteiger partial charge in [0.15, 0.2) is 0 Å². The summed E-state index contributed by atoms with van der Waals surface area (Å²) in [5.74, 6) is 1.81. The van der Waals surface area contributed by atoms with Gasteiger partial charge in [-0.25, -0.2) is 0 Å². The summed E-state index contributed by atoms with van der Waals surface area (Å²) >= 11 is 0. The minimum atomic E-state index is 0.521. The first-order valence-corrected chi connectivity index (χ1v) is 8.69. The van der Waals surface area contributed by atoms with Gasteiger partial charge in [-0.2, -0.15) is 0 Å². The highest BCUT2D eigenvalue weighted by atomic mass is 16.5. The topological polar surface area (TPSA) is 21.3 Å². The Balaban J connectivity index is 1.95. The minimum Gasteiger partial charge on any atom is -0.494 e. The molecule has 0 bridgehead atoms. The van der Waals surface area contributed by atoms with E-state index in [0.717, 1.165) is 31.2 Å². The van der Waals surface area contributed by atoms with Gasteiger partial charge in [0.1, 0.15) is 5.75 Å². The van der Waals surface area contributed by atoms with Crippen molar-refractivity contribution in [2.75, 3.05) is 13.2 Å². The first kappa shape index (κ1) is 16.4. The molecule has 2 rings (SSSR count). The summed E-state index contributed by atoms with van der Waals surface area (Å²) < 4.78 is 5.95. The molecule has 0 amide bonds. The van der Waals surface area contributed by atoms with Crippen LogP contribution in [-0.4, -0.2) is 13.2 Å². The Bertz CT molecular complexity index is 428. The Morgan fingerprint density at radius 2 is 2.19 bits per heavy atom. The molecule has 1 aromatic carbocycles. The van der Waals surface area contributed by atoms with Gasteiger partial charge in [0.25, 0.3) is 0 Å². The zero-order valence-electron chi connectivity index (χ0n) is 14.0. The van der Waals surface area contributed by atoms with Crippen molar-refractivity contribution in [1.29, 1.82) is 0 Å². The van der Waals surface area contributed by atoms with E-state index in [2.05, 4.69) is 44.3 Å². The zero-order chi connectivity index (χ0) is 15.1. The van der Waals surface area contributed by atoms with Crippen LogP contribution in [0.4, 0.5) is 0 Å². The van der Waals surface area contributed by atoms with Crippen LogP contribution in [0.5, 0.6) is 5.75 Å². The number of nitrogens with one attached hydrogen (secondary N) is 1. The van der Waals surface area contributed by atoms with Crippen LogP contribution < -0.4 is 10.1 Å². The van der Waals surface area contributed by atoms with Crippen molar-refractivity contribution in [3.8, 4) is 5.75 Å². The van der Waals surface area contributed by atoms with Gasteiger partial charge in [-0.15, -0.1) is 0 Å². The van der Waals surface area contributed by atoms with Gasteiger partial charge in [-0.1, -0.05) is 26.8 Å². The zero-order valence-corrected chi connectivity index (χ0v) is 14.0. The van der Waals surface area contributed by atoms with Crippen molar-refractivity contribution in [1.82, 2.24) is 5.32 Å². The quantitative estimate of drug-likeness (QED) is 0.689. The van der Waals surface area contributed by atoms with E-state index in [1.54, 1.807) is 0 Å². The lowest BCUT2D eigenvalue weighted by Gasteiger charge is -2.27. The average molecular weight is 289 g/mol. The maximum Gasteiger partial charge on any atom is 0.119 e. The summed E-state index contributed by atoms with van der Waals surface area (Å²) in [6, 6.07) is 7.22. The average Bonchev–Trinajstić information content (AvgIpc) is 2.49. The second-order valence-electron chi connectivity index (χ2n) is 6.64.